The number of pyridine rings is 1. The van der Waals surface area contributed by atoms with Crippen molar-refractivity contribution < 1.29 is 0 Å². The summed E-state index contributed by atoms with van der Waals surface area (Å²) in [6, 6.07) is 6.09. The van der Waals surface area contributed by atoms with E-state index in [1.54, 1.807) is 18.6 Å². The Bertz CT molecular complexity index is 522. The number of piperidine rings is 1. The first-order valence-corrected chi connectivity index (χ1v) is 6.62. The van der Waals surface area contributed by atoms with E-state index in [2.05, 4.69) is 31.7 Å². The van der Waals surface area contributed by atoms with Gasteiger partial charge in [-0.05, 0) is 31.5 Å². The molecule has 1 fully saturated rings. The molecule has 98 valence electrons. The SMILES string of the molecule is c1cc(Nc2cnccn2)nc([C@H]2CCCNC2)c1. The van der Waals surface area contributed by atoms with Crippen LogP contribution in [0.2, 0.25) is 0 Å². The first-order chi connectivity index (χ1) is 9.42. The van der Waals surface area contributed by atoms with Crippen molar-refractivity contribution in [2.45, 2.75) is 18.8 Å². The van der Waals surface area contributed by atoms with Gasteiger partial charge in [0.1, 0.15) is 11.6 Å². The van der Waals surface area contributed by atoms with Gasteiger partial charge in [-0.3, -0.25) is 4.98 Å². The van der Waals surface area contributed by atoms with Crippen LogP contribution in [0.3, 0.4) is 0 Å². The number of anilines is 2. The van der Waals surface area contributed by atoms with Gasteiger partial charge in [0, 0.05) is 30.6 Å². The molecule has 2 N–H and O–H groups in total. The van der Waals surface area contributed by atoms with Gasteiger partial charge >= 0.3 is 0 Å². The van der Waals surface area contributed by atoms with Crippen LogP contribution in [0.15, 0.2) is 36.8 Å². The van der Waals surface area contributed by atoms with Gasteiger partial charge in [-0.15, -0.1) is 0 Å². The summed E-state index contributed by atoms with van der Waals surface area (Å²) in [5.41, 5.74) is 1.14. The summed E-state index contributed by atoms with van der Waals surface area (Å²) in [5.74, 6) is 2.05. The summed E-state index contributed by atoms with van der Waals surface area (Å²) in [6.07, 6.45) is 7.43. The summed E-state index contributed by atoms with van der Waals surface area (Å²) in [6.45, 7) is 2.13. The Morgan fingerprint density at radius 2 is 2.21 bits per heavy atom. The van der Waals surface area contributed by atoms with E-state index in [0.717, 1.165) is 24.6 Å². The van der Waals surface area contributed by atoms with E-state index < -0.39 is 0 Å². The lowest BCUT2D eigenvalue weighted by molar-refractivity contribution is 0.455. The van der Waals surface area contributed by atoms with Crippen molar-refractivity contribution >= 4 is 11.6 Å². The number of nitrogens with zero attached hydrogens (tertiary/aromatic N) is 3. The van der Waals surface area contributed by atoms with Crippen LogP contribution in [-0.4, -0.2) is 28.0 Å². The second-order valence-electron chi connectivity index (χ2n) is 4.71. The normalized spacial score (nSPS) is 19.1. The van der Waals surface area contributed by atoms with Crippen molar-refractivity contribution in [3.63, 3.8) is 0 Å². The smallest absolute Gasteiger partial charge is 0.150 e. The molecule has 0 aromatic carbocycles. The lowest BCUT2D eigenvalue weighted by Gasteiger charge is -2.22. The Morgan fingerprint density at radius 3 is 3.00 bits per heavy atom. The van der Waals surface area contributed by atoms with Crippen molar-refractivity contribution in [2.75, 3.05) is 18.4 Å². The Labute approximate surface area is 112 Å². The van der Waals surface area contributed by atoms with E-state index in [1.807, 2.05) is 12.1 Å². The quantitative estimate of drug-likeness (QED) is 0.879. The van der Waals surface area contributed by atoms with Crippen molar-refractivity contribution in [1.82, 2.24) is 20.3 Å². The van der Waals surface area contributed by atoms with Crippen molar-refractivity contribution in [2.24, 2.45) is 0 Å². The molecule has 0 spiro atoms. The van der Waals surface area contributed by atoms with E-state index in [9.17, 15) is 0 Å². The van der Waals surface area contributed by atoms with Crippen LogP contribution < -0.4 is 10.6 Å². The second kappa shape index (κ2) is 5.75. The summed E-state index contributed by atoms with van der Waals surface area (Å²) in [4.78, 5) is 12.9. The standard InChI is InChI=1S/C14H17N5/c1-4-12(11-3-2-6-15-9-11)18-13(5-1)19-14-10-16-7-8-17-14/h1,4-5,7-8,10-11,15H,2-3,6,9H2,(H,17,18,19)/t11-/m0/s1. The van der Waals surface area contributed by atoms with Crippen molar-refractivity contribution in [3.05, 3.63) is 42.5 Å². The highest BCUT2D eigenvalue weighted by Gasteiger charge is 2.16. The summed E-state index contributed by atoms with van der Waals surface area (Å²) < 4.78 is 0. The molecule has 2 aromatic rings. The molecular weight excluding hydrogens is 238 g/mol. The predicted octanol–water partition coefficient (Wildman–Crippen LogP) is 2.08. The Hall–Kier alpha value is -2.01. The molecule has 1 aliphatic heterocycles. The molecular formula is C14H17N5. The minimum Gasteiger partial charge on any atom is -0.324 e. The van der Waals surface area contributed by atoms with Gasteiger partial charge in [0.25, 0.3) is 0 Å². The Balaban J connectivity index is 1.76. The average molecular weight is 255 g/mol. The van der Waals surface area contributed by atoms with Gasteiger partial charge in [0.15, 0.2) is 0 Å². The van der Waals surface area contributed by atoms with Gasteiger partial charge in [-0.2, -0.15) is 0 Å². The van der Waals surface area contributed by atoms with Crippen molar-refractivity contribution in [1.29, 1.82) is 0 Å². The molecule has 2 aromatic heterocycles. The summed E-state index contributed by atoms with van der Waals surface area (Å²) in [5, 5.41) is 6.60. The predicted molar refractivity (Wildman–Crippen MR) is 74.4 cm³/mol. The van der Waals surface area contributed by atoms with Crippen LogP contribution >= 0.6 is 0 Å². The molecule has 3 heterocycles. The molecule has 1 saturated heterocycles. The molecule has 0 aliphatic carbocycles. The Morgan fingerprint density at radius 1 is 1.21 bits per heavy atom. The van der Waals surface area contributed by atoms with Crippen molar-refractivity contribution in [3.8, 4) is 0 Å². The molecule has 3 rings (SSSR count). The lowest BCUT2D eigenvalue weighted by Crippen LogP contribution is -2.28. The van der Waals surface area contributed by atoms with Gasteiger partial charge in [0.2, 0.25) is 0 Å². The number of aromatic nitrogens is 3. The van der Waals surface area contributed by atoms with Crippen LogP contribution in [-0.2, 0) is 0 Å². The van der Waals surface area contributed by atoms with Crippen LogP contribution in [0.1, 0.15) is 24.5 Å². The molecule has 5 heteroatoms. The molecule has 19 heavy (non-hydrogen) atoms. The third-order valence-electron chi connectivity index (χ3n) is 3.31. The maximum atomic E-state index is 4.67. The first kappa shape index (κ1) is 12.0. The molecule has 0 bridgehead atoms. The largest absolute Gasteiger partial charge is 0.324 e. The number of rotatable bonds is 3. The fraction of sp³-hybridized carbons (Fsp3) is 0.357. The summed E-state index contributed by atoms with van der Waals surface area (Å²) in [7, 11) is 0. The minimum absolute atomic E-state index is 0.511. The second-order valence-corrected chi connectivity index (χ2v) is 4.71. The van der Waals surface area contributed by atoms with Crippen LogP contribution in [0.25, 0.3) is 0 Å². The molecule has 0 radical (unpaired) electrons. The molecule has 1 atom stereocenters. The molecule has 0 unspecified atom stereocenters. The van der Waals surface area contributed by atoms with Gasteiger partial charge in [-0.1, -0.05) is 6.07 Å². The van der Waals surface area contributed by atoms with E-state index >= 15 is 0 Å². The van der Waals surface area contributed by atoms with Gasteiger partial charge in [0.05, 0.1) is 6.20 Å². The average Bonchev–Trinajstić information content (AvgIpc) is 2.49. The third-order valence-corrected chi connectivity index (χ3v) is 3.31. The molecule has 5 nitrogen and oxygen atoms in total. The monoisotopic (exact) mass is 255 g/mol. The number of hydrogen-bond acceptors (Lipinski definition) is 5. The van der Waals surface area contributed by atoms with E-state index in [0.29, 0.717) is 11.7 Å². The van der Waals surface area contributed by atoms with E-state index in [1.165, 1.54) is 12.8 Å². The van der Waals surface area contributed by atoms with E-state index in [4.69, 9.17) is 0 Å². The van der Waals surface area contributed by atoms with Crippen LogP contribution in [0.5, 0.6) is 0 Å². The highest BCUT2D eigenvalue weighted by atomic mass is 15.1. The lowest BCUT2D eigenvalue weighted by atomic mass is 9.96. The fourth-order valence-corrected chi connectivity index (χ4v) is 2.35. The topological polar surface area (TPSA) is 62.7 Å². The number of hydrogen-bond donors (Lipinski definition) is 2. The highest BCUT2D eigenvalue weighted by molar-refractivity contribution is 5.50. The van der Waals surface area contributed by atoms with Gasteiger partial charge in [-0.25, -0.2) is 9.97 Å². The zero-order chi connectivity index (χ0) is 12.9. The molecule has 0 amide bonds. The fourth-order valence-electron chi connectivity index (χ4n) is 2.35. The maximum absolute atomic E-state index is 4.67. The summed E-state index contributed by atoms with van der Waals surface area (Å²) >= 11 is 0. The van der Waals surface area contributed by atoms with Crippen LogP contribution in [0.4, 0.5) is 11.6 Å². The highest BCUT2D eigenvalue weighted by Crippen LogP contribution is 2.23. The first-order valence-electron chi connectivity index (χ1n) is 6.62. The molecule has 0 saturated carbocycles. The maximum Gasteiger partial charge on any atom is 0.150 e. The van der Waals surface area contributed by atoms with E-state index in [-0.39, 0.29) is 0 Å². The molecule has 1 aliphatic rings. The third kappa shape index (κ3) is 3.06. The zero-order valence-electron chi connectivity index (χ0n) is 10.7. The van der Waals surface area contributed by atoms with Crippen LogP contribution in [0, 0.1) is 0 Å². The Kier molecular flexibility index (Phi) is 3.65. The zero-order valence-corrected chi connectivity index (χ0v) is 10.7. The number of nitrogens with one attached hydrogen (secondary N) is 2. The van der Waals surface area contributed by atoms with Gasteiger partial charge < -0.3 is 10.6 Å². The minimum atomic E-state index is 0.511.